The number of benzene rings is 1. The van der Waals surface area contributed by atoms with Crippen LogP contribution in [0.5, 0.6) is 0 Å². The molecule has 1 aliphatic carbocycles. The van der Waals surface area contributed by atoms with Crippen LogP contribution in [0.4, 0.5) is 4.79 Å². The Balaban J connectivity index is 1.58. The molecular formula is C27H33N5O3S2. The highest BCUT2D eigenvalue weighted by atomic mass is 32.2. The Morgan fingerprint density at radius 1 is 1.27 bits per heavy atom. The average molecular weight is 540 g/mol. The second-order valence-corrected chi connectivity index (χ2v) is 11.6. The quantitative estimate of drug-likeness (QED) is 0.372. The van der Waals surface area contributed by atoms with Crippen LogP contribution < -0.4 is 11.1 Å². The van der Waals surface area contributed by atoms with Gasteiger partial charge in [0.25, 0.3) is 0 Å². The molecule has 1 aliphatic rings. The van der Waals surface area contributed by atoms with Gasteiger partial charge in [-0.25, -0.2) is 14.8 Å². The monoisotopic (exact) mass is 539 g/mol. The molecule has 1 amide bonds. The number of allylic oxidation sites excluding steroid dienone is 1. The Bertz CT molecular complexity index is 1290. The highest BCUT2D eigenvalue weighted by Gasteiger charge is 2.29. The van der Waals surface area contributed by atoms with Crippen LogP contribution in [-0.4, -0.2) is 58.1 Å². The van der Waals surface area contributed by atoms with E-state index in [2.05, 4.69) is 17.2 Å². The molecule has 8 nitrogen and oxygen atoms in total. The SMILES string of the molecule is CCCCS(=O)C1=C(N)c2c(-c3ccc(COC(=O)NCCN(C)C)cc3)cc(-c3nccs3)nc2C1. The van der Waals surface area contributed by atoms with Crippen molar-refractivity contribution in [3.63, 3.8) is 0 Å². The van der Waals surface area contributed by atoms with Crippen molar-refractivity contribution in [1.29, 1.82) is 0 Å². The molecule has 1 unspecified atom stereocenters. The summed E-state index contributed by atoms with van der Waals surface area (Å²) in [5.74, 6) is 0.604. The van der Waals surface area contributed by atoms with Crippen molar-refractivity contribution >= 4 is 33.9 Å². The number of fused-ring (bicyclic) bond motifs is 1. The number of likely N-dealkylation sites (N-methyl/N-ethyl adjacent to an activating group) is 1. The van der Waals surface area contributed by atoms with Gasteiger partial charge in [-0.3, -0.25) is 4.21 Å². The molecule has 3 N–H and O–H groups in total. The summed E-state index contributed by atoms with van der Waals surface area (Å²) in [7, 11) is 2.76. The molecule has 2 heterocycles. The molecular weight excluding hydrogens is 506 g/mol. The fourth-order valence-electron chi connectivity index (χ4n) is 4.06. The summed E-state index contributed by atoms with van der Waals surface area (Å²) in [6.45, 7) is 3.54. The summed E-state index contributed by atoms with van der Waals surface area (Å²) in [6, 6.07) is 9.86. The second-order valence-electron chi connectivity index (χ2n) is 9.13. The molecule has 37 heavy (non-hydrogen) atoms. The zero-order valence-corrected chi connectivity index (χ0v) is 23.1. The van der Waals surface area contributed by atoms with Crippen LogP contribution in [0.3, 0.4) is 0 Å². The van der Waals surface area contributed by atoms with E-state index < -0.39 is 16.9 Å². The fourth-order valence-corrected chi connectivity index (χ4v) is 6.10. The minimum Gasteiger partial charge on any atom is -0.445 e. The zero-order valence-electron chi connectivity index (χ0n) is 21.5. The van der Waals surface area contributed by atoms with E-state index in [0.29, 0.717) is 24.4 Å². The van der Waals surface area contributed by atoms with Gasteiger partial charge in [0, 0.05) is 47.3 Å². The second kappa shape index (κ2) is 12.4. The number of nitrogens with one attached hydrogen (secondary N) is 1. The third-order valence-electron chi connectivity index (χ3n) is 6.06. The molecule has 0 bridgehead atoms. The minimum absolute atomic E-state index is 0.176. The predicted molar refractivity (Wildman–Crippen MR) is 150 cm³/mol. The van der Waals surface area contributed by atoms with Crippen molar-refractivity contribution in [3.05, 3.63) is 63.6 Å². The molecule has 1 atom stereocenters. The van der Waals surface area contributed by atoms with Gasteiger partial charge in [-0.1, -0.05) is 37.6 Å². The topological polar surface area (TPSA) is 110 Å². The number of nitrogens with zero attached hydrogens (tertiary/aromatic N) is 3. The molecule has 0 spiro atoms. The lowest BCUT2D eigenvalue weighted by Crippen LogP contribution is -2.31. The van der Waals surface area contributed by atoms with E-state index in [4.69, 9.17) is 15.5 Å². The fraction of sp³-hybridized carbons (Fsp3) is 0.370. The summed E-state index contributed by atoms with van der Waals surface area (Å²) >= 11 is 1.53. The highest BCUT2D eigenvalue weighted by Crippen LogP contribution is 2.40. The van der Waals surface area contributed by atoms with Gasteiger partial charge >= 0.3 is 6.09 Å². The molecule has 0 fully saturated rings. The maximum absolute atomic E-state index is 13.0. The van der Waals surface area contributed by atoms with Gasteiger partial charge in [0.15, 0.2) is 0 Å². The Hall–Kier alpha value is -3.08. The molecule has 1 aromatic carbocycles. The van der Waals surface area contributed by atoms with Crippen LogP contribution in [0.25, 0.3) is 27.5 Å². The summed E-state index contributed by atoms with van der Waals surface area (Å²) in [5, 5.41) is 5.49. The smallest absolute Gasteiger partial charge is 0.407 e. The van der Waals surface area contributed by atoms with Gasteiger partial charge in [0.1, 0.15) is 11.6 Å². The molecule has 0 saturated heterocycles. The summed E-state index contributed by atoms with van der Waals surface area (Å²) < 4.78 is 18.3. The normalized spacial score (nSPS) is 13.6. The molecule has 3 aromatic rings. The van der Waals surface area contributed by atoms with Crippen molar-refractivity contribution in [1.82, 2.24) is 20.2 Å². The van der Waals surface area contributed by atoms with E-state index >= 15 is 0 Å². The Morgan fingerprint density at radius 3 is 2.73 bits per heavy atom. The lowest BCUT2D eigenvalue weighted by atomic mass is 9.97. The van der Waals surface area contributed by atoms with E-state index in [1.54, 1.807) is 6.20 Å². The number of carbonyl (C=O) groups is 1. The van der Waals surface area contributed by atoms with Crippen molar-refractivity contribution in [2.24, 2.45) is 5.73 Å². The van der Waals surface area contributed by atoms with E-state index in [1.165, 1.54) is 11.3 Å². The maximum atomic E-state index is 13.0. The molecule has 0 aliphatic heterocycles. The first-order chi connectivity index (χ1) is 17.9. The van der Waals surface area contributed by atoms with Crippen molar-refractivity contribution in [3.8, 4) is 21.8 Å². The first kappa shape index (κ1) is 27.0. The number of thiazole rings is 1. The van der Waals surface area contributed by atoms with Crippen LogP contribution in [0, 0.1) is 0 Å². The van der Waals surface area contributed by atoms with Crippen molar-refractivity contribution < 1.29 is 13.7 Å². The van der Waals surface area contributed by atoms with Gasteiger partial charge < -0.3 is 20.7 Å². The Morgan fingerprint density at radius 2 is 2.05 bits per heavy atom. The van der Waals surface area contributed by atoms with E-state index in [1.807, 2.05) is 54.7 Å². The number of aromatic nitrogens is 2. The molecule has 10 heteroatoms. The van der Waals surface area contributed by atoms with Crippen LogP contribution in [0.1, 0.15) is 36.6 Å². The number of ether oxygens (including phenoxy) is 1. The van der Waals surface area contributed by atoms with Crippen LogP contribution in [-0.2, 0) is 28.6 Å². The number of unbranched alkanes of at least 4 members (excludes halogenated alkanes) is 1. The molecule has 0 radical (unpaired) electrons. The van der Waals surface area contributed by atoms with Gasteiger partial charge in [-0.2, -0.15) is 0 Å². The first-order valence-electron chi connectivity index (χ1n) is 12.3. The largest absolute Gasteiger partial charge is 0.445 e. The average Bonchev–Trinajstić information content (AvgIpc) is 3.54. The number of rotatable bonds is 11. The summed E-state index contributed by atoms with van der Waals surface area (Å²) in [4.78, 5) is 24.0. The van der Waals surface area contributed by atoms with Gasteiger partial charge in [0.2, 0.25) is 0 Å². The van der Waals surface area contributed by atoms with E-state index in [-0.39, 0.29) is 6.61 Å². The van der Waals surface area contributed by atoms with E-state index in [0.717, 1.165) is 62.9 Å². The van der Waals surface area contributed by atoms with Crippen molar-refractivity contribution in [2.75, 3.05) is 32.9 Å². The number of amides is 1. The third-order valence-corrected chi connectivity index (χ3v) is 8.43. The van der Waals surface area contributed by atoms with Crippen molar-refractivity contribution in [2.45, 2.75) is 32.8 Å². The van der Waals surface area contributed by atoms with Gasteiger partial charge in [-0.05, 0) is 43.3 Å². The molecule has 196 valence electrons. The number of carbonyl (C=O) groups excluding carboxylic acids is 1. The molecule has 0 saturated carbocycles. The van der Waals surface area contributed by atoms with Crippen LogP contribution in [0.15, 0.2) is 46.8 Å². The summed E-state index contributed by atoms with van der Waals surface area (Å²) in [6.07, 6.45) is 3.68. The zero-order chi connectivity index (χ0) is 26.4. The van der Waals surface area contributed by atoms with Crippen LogP contribution in [0.2, 0.25) is 0 Å². The van der Waals surface area contributed by atoms with Crippen LogP contribution >= 0.6 is 11.3 Å². The number of alkyl carbamates (subject to hydrolysis) is 1. The predicted octanol–water partition coefficient (Wildman–Crippen LogP) is 4.39. The number of pyridine rings is 1. The Labute approximate surface area is 224 Å². The standard InChI is InChI=1S/C27H33N5O3S2/c1-4-5-14-37(34)23-16-21-24(25(23)28)20(15-22(31-21)26-29-11-13-36-26)19-8-6-18(7-9-19)17-35-27(33)30-10-12-32(2)3/h6-9,11,13,15H,4-5,10,12,14,16-17,28H2,1-3H3,(H,30,33). The maximum Gasteiger partial charge on any atom is 0.407 e. The first-order valence-corrected chi connectivity index (χ1v) is 14.5. The van der Waals surface area contributed by atoms with E-state index in [9.17, 15) is 9.00 Å². The molecule has 2 aromatic heterocycles. The number of hydrogen-bond acceptors (Lipinski definition) is 8. The number of nitrogens with two attached hydrogens (primary N) is 1. The highest BCUT2D eigenvalue weighted by molar-refractivity contribution is 7.89. The number of hydrogen-bond donors (Lipinski definition) is 2. The van der Waals surface area contributed by atoms with Gasteiger partial charge in [-0.15, -0.1) is 11.3 Å². The van der Waals surface area contributed by atoms with Gasteiger partial charge in [0.05, 0.1) is 27.9 Å². The lowest BCUT2D eigenvalue weighted by Gasteiger charge is -2.13. The summed E-state index contributed by atoms with van der Waals surface area (Å²) in [5.41, 5.74) is 12.4. The minimum atomic E-state index is -1.13. The Kier molecular flexibility index (Phi) is 9.07. The third kappa shape index (κ3) is 6.63. The lowest BCUT2D eigenvalue weighted by molar-refractivity contribution is 0.139. The molecule has 4 rings (SSSR count).